The zero-order valence-corrected chi connectivity index (χ0v) is 31.9. The fraction of sp³-hybridized carbons (Fsp3) is 0.837. The van der Waals surface area contributed by atoms with E-state index < -0.39 is 18.2 Å². The van der Waals surface area contributed by atoms with Crippen molar-refractivity contribution in [3.05, 3.63) is 36.5 Å². The third-order valence-electron chi connectivity index (χ3n) is 9.44. The molecule has 0 aliphatic heterocycles. The predicted octanol–water partition coefficient (Wildman–Crippen LogP) is 11.6. The third kappa shape index (κ3) is 33.1. The Balaban J connectivity index is 3.74. The first kappa shape index (κ1) is 46.6. The van der Waals surface area contributed by atoms with Crippen LogP contribution in [-0.2, 0) is 4.79 Å². The van der Waals surface area contributed by atoms with Crippen molar-refractivity contribution < 1.29 is 20.1 Å². The van der Waals surface area contributed by atoms with Crippen molar-refractivity contribution in [3.8, 4) is 0 Å². The van der Waals surface area contributed by atoms with E-state index in [1.165, 1.54) is 128 Å². The Morgan fingerprint density at radius 3 is 1.27 bits per heavy atom. The number of aliphatic hydroxyl groups excluding tert-OH is 3. The SMILES string of the molecule is CCCCCCCCC/C=C/CC/C=C/CCCC(O)C(O)C(CO)NC(=O)CCCCCCC/C=C\CCCCCCCCCCC. The maximum absolute atomic E-state index is 12.4. The predicted molar refractivity (Wildman–Crippen MR) is 208 cm³/mol. The van der Waals surface area contributed by atoms with Gasteiger partial charge in [-0.25, -0.2) is 0 Å². The van der Waals surface area contributed by atoms with Crippen LogP contribution in [-0.4, -0.2) is 46.1 Å². The van der Waals surface area contributed by atoms with Crippen LogP contribution < -0.4 is 5.32 Å². The molecule has 0 aliphatic carbocycles. The van der Waals surface area contributed by atoms with Crippen LogP contribution in [0.5, 0.6) is 0 Å². The largest absolute Gasteiger partial charge is 0.394 e. The van der Waals surface area contributed by atoms with Crippen molar-refractivity contribution in [2.45, 2.75) is 225 Å². The van der Waals surface area contributed by atoms with E-state index in [1.807, 2.05) is 0 Å². The number of hydrogen-bond acceptors (Lipinski definition) is 4. The van der Waals surface area contributed by atoms with Crippen LogP contribution in [0.1, 0.15) is 206 Å². The highest BCUT2D eigenvalue weighted by Crippen LogP contribution is 2.14. The van der Waals surface area contributed by atoms with E-state index in [-0.39, 0.29) is 12.5 Å². The molecule has 0 fully saturated rings. The highest BCUT2D eigenvalue weighted by Gasteiger charge is 2.26. The Kier molecular flexibility index (Phi) is 37.2. The lowest BCUT2D eigenvalue weighted by Gasteiger charge is -2.26. The average Bonchev–Trinajstić information content (AvgIpc) is 3.09. The number of allylic oxidation sites excluding steroid dienone is 6. The molecule has 5 nitrogen and oxygen atoms in total. The van der Waals surface area contributed by atoms with Crippen LogP contribution in [0, 0.1) is 0 Å². The number of aliphatic hydroxyl groups is 3. The Bertz CT molecular complexity index is 749. The smallest absolute Gasteiger partial charge is 0.220 e. The van der Waals surface area contributed by atoms with E-state index in [4.69, 9.17) is 0 Å². The van der Waals surface area contributed by atoms with Gasteiger partial charge in [-0.15, -0.1) is 0 Å². The minimum absolute atomic E-state index is 0.167. The summed E-state index contributed by atoms with van der Waals surface area (Å²) in [5.74, 6) is -0.167. The number of rotatable bonds is 37. The monoisotopic (exact) mass is 676 g/mol. The van der Waals surface area contributed by atoms with E-state index >= 15 is 0 Å². The van der Waals surface area contributed by atoms with Crippen molar-refractivity contribution >= 4 is 5.91 Å². The molecule has 4 N–H and O–H groups in total. The van der Waals surface area contributed by atoms with Crippen molar-refractivity contribution in [2.75, 3.05) is 6.61 Å². The van der Waals surface area contributed by atoms with Gasteiger partial charge in [-0.3, -0.25) is 4.79 Å². The second-order valence-corrected chi connectivity index (χ2v) is 14.2. The molecule has 0 rings (SSSR count). The van der Waals surface area contributed by atoms with Gasteiger partial charge < -0.3 is 20.6 Å². The topological polar surface area (TPSA) is 89.8 Å². The van der Waals surface area contributed by atoms with Gasteiger partial charge in [0.15, 0.2) is 0 Å². The van der Waals surface area contributed by atoms with Gasteiger partial charge in [0.05, 0.1) is 18.8 Å². The molecule has 5 heteroatoms. The number of unbranched alkanes of at least 4 members (excludes halogenated alkanes) is 23. The Hall–Kier alpha value is -1.43. The summed E-state index contributed by atoms with van der Waals surface area (Å²) in [6.07, 6.45) is 46.7. The molecule has 0 aromatic carbocycles. The summed E-state index contributed by atoms with van der Waals surface area (Å²) in [7, 11) is 0. The van der Waals surface area contributed by atoms with Gasteiger partial charge in [-0.2, -0.15) is 0 Å². The molecule has 0 saturated carbocycles. The maximum Gasteiger partial charge on any atom is 0.220 e. The highest BCUT2D eigenvalue weighted by molar-refractivity contribution is 5.76. The average molecular weight is 676 g/mol. The number of amides is 1. The molecule has 0 bridgehead atoms. The van der Waals surface area contributed by atoms with E-state index in [9.17, 15) is 20.1 Å². The van der Waals surface area contributed by atoms with Crippen LogP contribution in [0.2, 0.25) is 0 Å². The molecule has 0 heterocycles. The Morgan fingerprint density at radius 1 is 0.500 bits per heavy atom. The van der Waals surface area contributed by atoms with E-state index in [2.05, 4.69) is 55.6 Å². The molecule has 48 heavy (non-hydrogen) atoms. The molecular formula is C43H81NO4. The first-order valence-corrected chi connectivity index (χ1v) is 20.8. The second kappa shape index (κ2) is 38.4. The minimum Gasteiger partial charge on any atom is -0.394 e. The van der Waals surface area contributed by atoms with Crippen LogP contribution in [0.4, 0.5) is 0 Å². The van der Waals surface area contributed by atoms with Crippen molar-refractivity contribution in [1.82, 2.24) is 5.32 Å². The molecule has 0 aromatic rings. The fourth-order valence-corrected chi connectivity index (χ4v) is 6.17. The van der Waals surface area contributed by atoms with Crippen LogP contribution in [0.15, 0.2) is 36.5 Å². The molecule has 3 atom stereocenters. The van der Waals surface area contributed by atoms with E-state index in [0.717, 1.165) is 51.4 Å². The maximum atomic E-state index is 12.4. The molecule has 3 unspecified atom stereocenters. The van der Waals surface area contributed by atoms with Gasteiger partial charge in [0.2, 0.25) is 5.91 Å². The zero-order chi connectivity index (χ0) is 35.2. The van der Waals surface area contributed by atoms with Crippen molar-refractivity contribution in [2.24, 2.45) is 0 Å². The van der Waals surface area contributed by atoms with Gasteiger partial charge in [-0.1, -0.05) is 159 Å². The summed E-state index contributed by atoms with van der Waals surface area (Å²) in [6.45, 7) is 4.15. The van der Waals surface area contributed by atoms with Gasteiger partial charge in [-0.05, 0) is 77.0 Å². The van der Waals surface area contributed by atoms with Gasteiger partial charge in [0, 0.05) is 6.42 Å². The molecule has 0 radical (unpaired) electrons. The molecule has 0 aliphatic rings. The van der Waals surface area contributed by atoms with Crippen molar-refractivity contribution in [1.29, 1.82) is 0 Å². The summed E-state index contributed by atoms with van der Waals surface area (Å²) >= 11 is 0. The normalized spacial score (nSPS) is 14.0. The number of hydrogen-bond donors (Lipinski definition) is 4. The van der Waals surface area contributed by atoms with Crippen LogP contribution in [0.3, 0.4) is 0 Å². The summed E-state index contributed by atoms with van der Waals surface area (Å²) < 4.78 is 0. The number of carbonyl (C=O) groups excluding carboxylic acids is 1. The molecule has 0 aromatic heterocycles. The van der Waals surface area contributed by atoms with Crippen LogP contribution >= 0.6 is 0 Å². The van der Waals surface area contributed by atoms with Crippen LogP contribution in [0.25, 0.3) is 0 Å². The first-order chi connectivity index (χ1) is 23.6. The lowest BCUT2D eigenvalue weighted by molar-refractivity contribution is -0.124. The Labute approximate surface area is 298 Å². The van der Waals surface area contributed by atoms with Gasteiger partial charge in [0.1, 0.15) is 6.10 Å². The lowest BCUT2D eigenvalue weighted by atomic mass is 10.0. The van der Waals surface area contributed by atoms with E-state index in [0.29, 0.717) is 12.8 Å². The number of nitrogens with one attached hydrogen (secondary N) is 1. The standard InChI is InChI=1S/C43H81NO4/c1-3-5-7-9-11-13-15-17-19-21-22-24-26-28-30-32-34-36-38-42(47)44-40(39-45)43(48)41(46)37-35-33-31-29-27-25-23-20-18-16-14-12-10-8-6-4-2/h20,22-24,29,31,40-41,43,45-46,48H,3-19,21,25-28,30,32-39H2,1-2H3,(H,44,47)/b23-20+,24-22-,31-29+. The fourth-order valence-electron chi connectivity index (χ4n) is 6.17. The van der Waals surface area contributed by atoms with Gasteiger partial charge >= 0.3 is 0 Å². The van der Waals surface area contributed by atoms with Gasteiger partial charge in [0.25, 0.3) is 0 Å². The zero-order valence-electron chi connectivity index (χ0n) is 31.9. The summed E-state index contributed by atoms with van der Waals surface area (Å²) in [5, 5.41) is 33.4. The lowest BCUT2D eigenvalue weighted by Crippen LogP contribution is -2.50. The molecule has 0 spiro atoms. The summed E-state index contributed by atoms with van der Waals surface area (Å²) in [6, 6.07) is -0.835. The first-order valence-electron chi connectivity index (χ1n) is 20.8. The molecule has 1 amide bonds. The molecule has 0 saturated heterocycles. The minimum atomic E-state index is -1.17. The molecule has 282 valence electrons. The van der Waals surface area contributed by atoms with E-state index in [1.54, 1.807) is 0 Å². The quantitative estimate of drug-likeness (QED) is 0.0390. The number of carbonyl (C=O) groups is 1. The highest BCUT2D eigenvalue weighted by atomic mass is 16.3. The van der Waals surface area contributed by atoms with Crippen molar-refractivity contribution in [3.63, 3.8) is 0 Å². The summed E-state index contributed by atoms with van der Waals surface area (Å²) in [5.41, 5.74) is 0. The third-order valence-corrected chi connectivity index (χ3v) is 9.44. The molecular weight excluding hydrogens is 594 g/mol. The second-order valence-electron chi connectivity index (χ2n) is 14.2. The summed E-state index contributed by atoms with van der Waals surface area (Å²) in [4.78, 5) is 12.4. The Morgan fingerprint density at radius 2 is 0.854 bits per heavy atom.